The summed E-state index contributed by atoms with van der Waals surface area (Å²) >= 11 is 1.56. The molecule has 0 aromatic carbocycles. The van der Waals surface area contributed by atoms with Crippen molar-refractivity contribution in [1.29, 1.82) is 0 Å². The Morgan fingerprint density at radius 1 is 1.50 bits per heavy atom. The molecule has 0 aliphatic heterocycles. The first-order valence-electron chi connectivity index (χ1n) is 4.13. The number of rotatable bonds is 2. The van der Waals surface area contributed by atoms with E-state index in [1.54, 1.807) is 18.3 Å². The first-order valence-corrected chi connectivity index (χ1v) is 5.01. The maximum absolute atomic E-state index is 11.2. The van der Waals surface area contributed by atoms with Crippen LogP contribution in [0.1, 0.15) is 47.5 Å². The summed E-state index contributed by atoms with van der Waals surface area (Å²) in [5.74, 6) is 0.645. The van der Waals surface area contributed by atoms with Gasteiger partial charge in [0.15, 0.2) is 5.78 Å². The highest BCUT2D eigenvalue weighted by atomic mass is 32.1. The van der Waals surface area contributed by atoms with Gasteiger partial charge in [-0.1, -0.05) is 13.8 Å². The van der Waals surface area contributed by atoms with Crippen molar-refractivity contribution < 1.29 is 4.79 Å². The molecule has 0 fully saturated rings. The fraction of sp³-hybridized carbons (Fsp3) is 0.500. The molecular weight excluding hydrogens is 168 g/mol. The van der Waals surface area contributed by atoms with Gasteiger partial charge in [-0.2, -0.15) is 0 Å². The zero-order valence-electron chi connectivity index (χ0n) is 7.97. The number of Topliss-reactive ketones (excluding diaryl/α,β-unsaturated/α-hetero) is 1. The van der Waals surface area contributed by atoms with E-state index in [0.717, 1.165) is 4.88 Å². The number of hydrogen-bond donors (Lipinski definition) is 0. The summed E-state index contributed by atoms with van der Waals surface area (Å²) in [6, 6.07) is 0. The number of hydrogen-bond acceptors (Lipinski definition) is 2. The zero-order valence-corrected chi connectivity index (χ0v) is 8.79. The van der Waals surface area contributed by atoms with Crippen LogP contribution in [0.3, 0.4) is 0 Å². The molecule has 0 spiro atoms. The van der Waals surface area contributed by atoms with Crippen LogP contribution in [0, 0.1) is 6.92 Å². The van der Waals surface area contributed by atoms with Crippen LogP contribution in [0.4, 0.5) is 0 Å². The van der Waals surface area contributed by atoms with Gasteiger partial charge in [-0.15, -0.1) is 11.3 Å². The quantitative estimate of drug-likeness (QED) is 0.641. The molecule has 0 amide bonds. The molecule has 0 saturated heterocycles. The lowest BCUT2D eigenvalue weighted by Crippen LogP contribution is -1.97. The Bertz CT molecular complexity index is 297. The van der Waals surface area contributed by atoms with Gasteiger partial charge in [0.2, 0.25) is 0 Å². The van der Waals surface area contributed by atoms with E-state index in [9.17, 15) is 4.79 Å². The summed E-state index contributed by atoms with van der Waals surface area (Å²) in [5, 5.41) is 2.06. The highest BCUT2D eigenvalue weighted by molar-refractivity contribution is 7.12. The van der Waals surface area contributed by atoms with E-state index >= 15 is 0 Å². The Kier molecular flexibility index (Phi) is 2.68. The number of ketones is 1. The SMILES string of the molecule is CC(=O)c1scc(C)c1C(C)C. The van der Waals surface area contributed by atoms with Crippen molar-refractivity contribution in [2.75, 3.05) is 0 Å². The maximum Gasteiger partial charge on any atom is 0.170 e. The minimum absolute atomic E-state index is 0.191. The Morgan fingerprint density at radius 3 is 2.42 bits per heavy atom. The number of aryl methyl sites for hydroxylation is 1. The van der Waals surface area contributed by atoms with Crippen molar-refractivity contribution in [1.82, 2.24) is 0 Å². The van der Waals surface area contributed by atoms with Crippen LogP contribution in [0.2, 0.25) is 0 Å². The minimum atomic E-state index is 0.191. The third kappa shape index (κ3) is 1.58. The molecule has 0 aliphatic rings. The van der Waals surface area contributed by atoms with Gasteiger partial charge in [0.1, 0.15) is 0 Å². The first-order chi connectivity index (χ1) is 5.54. The molecular formula is C10H14OS. The molecule has 2 heteroatoms. The number of carbonyl (C=O) groups is 1. The normalized spacial score (nSPS) is 10.8. The lowest BCUT2D eigenvalue weighted by Gasteiger charge is -2.06. The first kappa shape index (κ1) is 9.46. The van der Waals surface area contributed by atoms with Crippen molar-refractivity contribution in [3.05, 3.63) is 21.4 Å². The van der Waals surface area contributed by atoms with Crippen LogP contribution in [-0.2, 0) is 0 Å². The van der Waals surface area contributed by atoms with Crippen molar-refractivity contribution in [2.45, 2.75) is 33.6 Å². The van der Waals surface area contributed by atoms with Gasteiger partial charge in [0.05, 0.1) is 4.88 Å². The van der Waals surface area contributed by atoms with Gasteiger partial charge in [0, 0.05) is 0 Å². The molecule has 0 aliphatic carbocycles. The van der Waals surface area contributed by atoms with Crippen molar-refractivity contribution in [3.63, 3.8) is 0 Å². The number of carbonyl (C=O) groups excluding carboxylic acids is 1. The fourth-order valence-corrected chi connectivity index (χ4v) is 2.55. The lowest BCUT2D eigenvalue weighted by molar-refractivity contribution is 0.102. The van der Waals surface area contributed by atoms with Crippen LogP contribution >= 0.6 is 11.3 Å². The van der Waals surface area contributed by atoms with Crippen molar-refractivity contribution in [2.24, 2.45) is 0 Å². The van der Waals surface area contributed by atoms with Crippen molar-refractivity contribution in [3.8, 4) is 0 Å². The largest absolute Gasteiger partial charge is 0.294 e. The fourth-order valence-electron chi connectivity index (χ4n) is 1.44. The van der Waals surface area contributed by atoms with Gasteiger partial charge in [-0.25, -0.2) is 0 Å². The molecule has 0 atom stereocenters. The summed E-state index contributed by atoms with van der Waals surface area (Å²) in [6.07, 6.45) is 0. The van der Waals surface area contributed by atoms with E-state index in [1.807, 2.05) is 0 Å². The average Bonchev–Trinajstić information content (AvgIpc) is 2.30. The number of thiophene rings is 1. The van der Waals surface area contributed by atoms with E-state index < -0.39 is 0 Å². The van der Waals surface area contributed by atoms with Crippen molar-refractivity contribution >= 4 is 17.1 Å². The molecule has 0 N–H and O–H groups in total. The second-order valence-electron chi connectivity index (χ2n) is 3.37. The van der Waals surface area contributed by atoms with Gasteiger partial charge in [-0.05, 0) is 36.3 Å². The van der Waals surface area contributed by atoms with E-state index in [2.05, 4.69) is 26.2 Å². The third-order valence-corrected chi connectivity index (χ3v) is 3.13. The predicted molar refractivity (Wildman–Crippen MR) is 53.1 cm³/mol. The van der Waals surface area contributed by atoms with E-state index in [1.165, 1.54) is 11.1 Å². The van der Waals surface area contributed by atoms with Crippen LogP contribution in [-0.4, -0.2) is 5.78 Å². The molecule has 0 saturated carbocycles. The van der Waals surface area contributed by atoms with E-state index in [-0.39, 0.29) is 5.78 Å². The molecule has 12 heavy (non-hydrogen) atoms. The van der Waals surface area contributed by atoms with E-state index in [4.69, 9.17) is 0 Å². The summed E-state index contributed by atoms with van der Waals surface area (Å²) in [4.78, 5) is 12.1. The molecule has 66 valence electrons. The topological polar surface area (TPSA) is 17.1 Å². The summed E-state index contributed by atoms with van der Waals surface area (Å²) in [6.45, 7) is 7.96. The Labute approximate surface area is 77.4 Å². The Morgan fingerprint density at radius 2 is 2.08 bits per heavy atom. The summed E-state index contributed by atoms with van der Waals surface area (Å²) < 4.78 is 0. The van der Waals surface area contributed by atoms with Gasteiger partial charge in [-0.3, -0.25) is 4.79 Å². The minimum Gasteiger partial charge on any atom is -0.294 e. The summed E-state index contributed by atoms with van der Waals surface area (Å²) in [7, 11) is 0. The molecule has 0 unspecified atom stereocenters. The van der Waals surface area contributed by atoms with Gasteiger partial charge in [0.25, 0.3) is 0 Å². The molecule has 1 rings (SSSR count). The summed E-state index contributed by atoms with van der Waals surface area (Å²) in [5.41, 5.74) is 2.48. The lowest BCUT2D eigenvalue weighted by atomic mass is 9.99. The third-order valence-electron chi connectivity index (χ3n) is 1.92. The van der Waals surface area contributed by atoms with Gasteiger partial charge >= 0.3 is 0 Å². The van der Waals surface area contributed by atoms with E-state index in [0.29, 0.717) is 5.92 Å². The van der Waals surface area contributed by atoms with Crippen LogP contribution in [0.15, 0.2) is 5.38 Å². The molecule has 1 aromatic heterocycles. The predicted octanol–water partition coefficient (Wildman–Crippen LogP) is 3.38. The zero-order chi connectivity index (χ0) is 9.30. The molecule has 0 bridgehead atoms. The second kappa shape index (κ2) is 3.40. The standard InChI is InChI=1S/C10H14OS/c1-6(2)9-7(3)5-12-10(9)8(4)11/h5-6H,1-4H3. The smallest absolute Gasteiger partial charge is 0.170 e. The van der Waals surface area contributed by atoms with Gasteiger partial charge < -0.3 is 0 Å². The average molecular weight is 182 g/mol. The monoisotopic (exact) mass is 182 g/mol. The molecule has 1 nitrogen and oxygen atoms in total. The highest BCUT2D eigenvalue weighted by Gasteiger charge is 2.14. The molecule has 1 aromatic rings. The Balaban J connectivity index is 3.21. The Hall–Kier alpha value is -0.630. The van der Waals surface area contributed by atoms with Crippen LogP contribution in [0.25, 0.3) is 0 Å². The highest BCUT2D eigenvalue weighted by Crippen LogP contribution is 2.29. The maximum atomic E-state index is 11.2. The molecule has 0 radical (unpaired) electrons. The van der Waals surface area contributed by atoms with Crippen LogP contribution < -0.4 is 0 Å². The van der Waals surface area contributed by atoms with Crippen LogP contribution in [0.5, 0.6) is 0 Å². The molecule has 1 heterocycles. The second-order valence-corrected chi connectivity index (χ2v) is 4.25.